The first-order valence-corrected chi connectivity index (χ1v) is 6.06. The van der Waals surface area contributed by atoms with Crippen molar-refractivity contribution in [3.63, 3.8) is 0 Å². The average molecular weight is 225 g/mol. The molecule has 0 saturated carbocycles. The number of hydrogen-bond donors (Lipinski definition) is 1. The van der Waals surface area contributed by atoms with Gasteiger partial charge >= 0.3 is 0 Å². The van der Waals surface area contributed by atoms with Gasteiger partial charge in [-0.2, -0.15) is 4.31 Å². The van der Waals surface area contributed by atoms with Crippen LogP contribution in [-0.4, -0.2) is 56.5 Å². The van der Waals surface area contributed by atoms with Crippen LogP contribution >= 0.6 is 0 Å². The first-order chi connectivity index (χ1) is 6.46. The molecule has 0 aliphatic carbocycles. The molecule has 5 nitrogen and oxygen atoms in total. The zero-order chi connectivity index (χ0) is 11.2. The molecule has 0 aromatic heterocycles. The van der Waals surface area contributed by atoms with Crippen molar-refractivity contribution in [3.8, 4) is 0 Å². The molecule has 0 aromatic rings. The number of aliphatic hydroxyl groups excluding tert-OH is 1. The van der Waals surface area contributed by atoms with E-state index in [1.54, 1.807) is 13.8 Å². The third-order valence-corrected chi connectivity index (χ3v) is 4.13. The molecule has 0 aliphatic rings. The zero-order valence-electron chi connectivity index (χ0n) is 8.93. The van der Waals surface area contributed by atoms with Crippen LogP contribution in [0, 0.1) is 0 Å². The van der Waals surface area contributed by atoms with Crippen LogP contribution in [0.5, 0.6) is 0 Å². The van der Waals surface area contributed by atoms with Gasteiger partial charge in [0.25, 0.3) is 0 Å². The van der Waals surface area contributed by atoms with Crippen molar-refractivity contribution in [3.05, 3.63) is 0 Å². The minimum absolute atomic E-state index is 0.129. The second kappa shape index (κ2) is 6.34. The van der Waals surface area contributed by atoms with E-state index in [9.17, 15) is 8.42 Å². The van der Waals surface area contributed by atoms with Crippen molar-refractivity contribution in [2.45, 2.75) is 19.1 Å². The summed E-state index contributed by atoms with van der Waals surface area (Å²) in [6.07, 6.45) is 0. The molecule has 0 amide bonds. The Morgan fingerprint density at radius 3 is 2.29 bits per heavy atom. The molecule has 0 spiro atoms. The predicted molar refractivity (Wildman–Crippen MR) is 54.6 cm³/mol. The number of methoxy groups -OCH3 is 1. The minimum atomic E-state index is -3.28. The fourth-order valence-electron chi connectivity index (χ4n) is 0.969. The van der Waals surface area contributed by atoms with Gasteiger partial charge in [-0.1, -0.05) is 0 Å². The van der Waals surface area contributed by atoms with Crippen molar-refractivity contribution in [1.29, 1.82) is 0 Å². The molecule has 86 valence electrons. The van der Waals surface area contributed by atoms with E-state index in [0.717, 1.165) is 0 Å². The van der Waals surface area contributed by atoms with E-state index in [1.165, 1.54) is 11.4 Å². The topological polar surface area (TPSA) is 66.8 Å². The molecule has 0 heterocycles. The number of hydrogen-bond acceptors (Lipinski definition) is 4. The van der Waals surface area contributed by atoms with Crippen LogP contribution in [0.3, 0.4) is 0 Å². The summed E-state index contributed by atoms with van der Waals surface area (Å²) in [7, 11) is -1.77. The number of ether oxygens (including phenoxy) is 1. The van der Waals surface area contributed by atoms with E-state index < -0.39 is 15.3 Å². The highest BCUT2D eigenvalue weighted by atomic mass is 32.2. The lowest BCUT2D eigenvalue weighted by Crippen LogP contribution is -2.40. The maximum atomic E-state index is 11.7. The van der Waals surface area contributed by atoms with Crippen molar-refractivity contribution in [2.24, 2.45) is 0 Å². The molecule has 0 radical (unpaired) electrons. The molecule has 0 unspecified atom stereocenters. The Kier molecular flexibility index (Phi) is 6.26. The summed E-state index contributed by atoms with van der Waals surface area (Å²) in [4.78, 5) is 0. The number of sulfonamides is 1. The summed E-state index contributed by atoms with van der Waals surface area (Å²) >= 11 is 0. The zero-order valence-corrected chi connectivity index (χ0v) is 9.75. The summed E-state index contributed by atoms with van der Waals surface area (Å²) in [6.45, 7) is 3.82. The lowest BCUT2D eigenvalue weighted by atomic mass is 10.6. The van der Waals surface area contributed by atoms with Gasteiger partial charge in [0.15, 0.2) is 0 Å². The maximum absolute atomic E-state index is 11.7. The Hall–Kier alpha value is -0.170. The summed E-state index contributed by atoms with van der Waals surface area (Å²) in [5.74, 6) is 0. The molecule has 6 heteroatoms. The third-order valence-electron chi connectivity index (χ3n) is 1.85. The highest BCUT2D eigenvalue weighted by molar-refractivity contribution is 7.89. The molecular formula is C8H19NO4S. The monoisotopic (exact) mass is 225 g/mol. The van der Waals surface area contributed by atoms with Gasteiger partial charge in [0.05, 0.1) is 18.5 Å². The highest BCUT2D eigenvalue weighted by Crippen LogP contribution is 2.07. The lowest BCUT2D eigenvalue weighted by molar-refractivity contribution is 0.168. The summed E-state index contributed by atoms with van der Waals surface area (Å²) in [6, 6.07) is 0. The van der Waals surface area contributed by atoms with Crippen LogP contribution in [0.1, 0.15) is 13.8 Å². The summed E-state index contributed by atoms with van der Waals surface area (Å²) in [5.41, 5.74) is 0. The third kappa shape index (κ3) is 3.91. The van der Waals surface area contributed by atoms with E-state index in [4.69, 9.17) is 9.84 Å². The summed E-state index contributed by atoms with van der Waals surface area (Å²) in [5, 5.41) is 8.27. The van der Waals surface area contributed by atoms with Crippen LogP contribution in [0.4, 0.5) is 0 Å². The van der Waals surface area contributed by atoms with E-state index in [0.29, 0.717) is 6.61 Å². The Bertz CT molecular complexity index is 238. The van der Waals surface area contributed by atoms with E-state index in [-0.39, 0.29) is 19.7 Å². The molecule has 0 fully saturated rings. The van der Waals surface area contributed by atoms with E-state index in [2.05, 4.69) is 0 Å². The molecular weight excluding hydrogens is 206 g/mol. The second-order valence-electron chi connectivity index (χ2n) is 3.21. The second-order valence-corrected chi connectivity index (χ2v) is 5.70. The molecule has 0 aliphatic heterocycles. The van der Waals surface area contributed by atoms with Crippen LogP contribution in [0.2, 0.25) is 0 Å². The predicted octanol–water partition coefficient (Wildman–Crippen LogP) is -0.335. The van der Waals surface area contributed by atoms with Crippen molar-refractivity contribution in [2.75, 3.05) is 33.4 Å². The SMILES string of the molecule is COCCN(CCO)S(=O)(=O)C(C)C. The van der Waals surface area contributed by atoms with Crippen LogP contribution in [-0.2, 0) is 14.8 Å². The normalized spacial score (nSPS) is 12.7. The van der Waals surface area contributed by atoms with E-state index in [1.807, 2.05) is 0 Å². The number of aliphatic hydroxyl groups is 1. The van der Waals surface area contributed by atoms with Crippen molar-refractivity contribution >= 4 is 10.0 Å². The molecule has 0 bridgehead atoms. The summed E-state index contributed by atoms with van der Waals surface area (Å²) < 4.78 is 29.4. The van der Waals surface area contributed by atoms with Crippen LogP contribution in [0.15, 0.2) is 0 Å². The Labute approximate surface area is 85.7 Å². The largest absolute Gasteiger partial charge is 0.395 e. The lowest BCUT2D eigenvalue weighted by Gasteiger charge is -2.22. The molecule has 14 heavy (non-hydrogen) atoms. The van der Waals surface area contributed by atoms with Crippen LogP contribution in [0.25, 0.3) is 0 Å². The Balaban J connectivity index is 4.47. The fraction of sp³-hybridized carbons (Fsp3) is 1.00. The van der Waals surface area contributed by atoms with Gasteiger partial charge in [-0.15, -0.1) is 0 Å². The van der Waals surface area contributed by atoms with Gasteiger partial charge in [-0.25, -0.2) is 8.42 Å². The number of nitrogens with zero attached hydrogens (tertiary/aromatic N) is 1. The van der Waals surface area contributed by atoms with Gasteiger partial charge in [0.2, 0.25) is 10.0 Å². The van der Waals surface area contributed by atoms with Gasteiger partial charge in [0.1, 0.15) is 0 Å². The molecule has 0 saturated heterocycles. The smallest absolute Gasteiger partial charge is 0.216 e. The quantitative estimate of drug-likeness (QED) is 0.644. The van der Waals surface area contributed by atoms with Crippen molar-refractivity contribution < 1.29 is 18.3 Å². The standard InChI is InChI=1S/C8H19NO4S/c1-8(2)14(11,12)9(4-6-10)5-7-13-3/h8,10H,4-7H2,1-3H3. The first-order valence-electron chi connectivity index (χ1n) is 4.55. The maximum Gasteiger partial charge on any atom is 0.216 e. The van der Waals surface area contributed by atoms with Crippen LogP contribution < -0.4 is 0 Å². The van der Waals surface area contributed by atoms with Gasteiger partial charge < -0.3 is 9.84 Å². The molecule has 1 N–H and O–H groups in total. The van der Waals surface area contributed by atoms with E-state index >= 15 is 0 Å². The molecule has 0 aromatic carbocycles. The Morgan fingerprint density at radius 2 is 1.93 bits per heavy atom. The first kappa shape index (κ1) is 13.8. The number of rotatable bonds is 7. The molecule has 0 rings (SSSR count). The average Bonchev–Trinajstić information content (AvgIpc) is 2.11. The van der Waals surface area contributed by atoms with Gasteiger partial charge in [-0.05, 0) is 13.8 Å². The highest BCUT2D eigenvalue weighted by Gasteiger charge is 2.24. The Morgan fingerprint density at radius 1 is 1.36 bits per heavy atom. The minimum Gasteiger partial charge on any atom is -0.395 e. The molecule has 0 atom stereocenters. The fourth-order valence-corrected chi connectivity index (χ4v) is 2.23. The van der Waals surface area contributed by atoms with Crippen molar-refractivity contribution in [1.82, 2.24) is 4.31 Å². The van der Waals surface area contributed by atoms with Gasteiger partial charge in [0, 0.05) is 20.2 Å². The van der Waals surface area contributed by atoms with Gasteiger partial charge in [-0.3, -0.25) is 0 Å².